The van der Waals surface area contributed by atoms with Gasteiger partial charge >= 0.3 is 5.16 Å². The Morgan fingerprint density at radius 2 is 1.88 bits per heavy atom. The number of nitrogens with one attached hydrogen (secondary N) is 1. The van der Waals surface area contributed by atoms with Gasteiger partial charge in [-0.25, -0.2) is 17.7 Å². The van der Waals surface area contributed by atoms with Gasteiger partial charge < -0.3 is 5.11 Å². The fourth-order valence-corrected chi connectivity index (χ4v) is 5.78. The Kier molecular flexibility index (Phi) is 7.15. The average molecular weight is 500 g/mol. The molecular formula is C23H27N6O3S2+. The Morgan fingerprint density at radius 3 is 2.53 bits per heavy atom. The van der Waals surface area contributed by atoms with Crippen molar-refractivity contribution in [1.82, 2.24) is 24.7 Å². The van der Waals surface area contributed by atoms with E-state index in [0.29, 0.717) is 22.3 Å². The molecular weight excluding hydrogens is 472 g/mol. The quantitative estimate of drug-likeness (QED) is 0.158. The number of phenols is 1. The van der Waals surface area contributed by atoms with E-state index in [4.69, 9.17) is 0 Å². The lowest BCUT2D eigenvalue weighted by molar-refractivity contribution is -0.713. The third-order valence-electron chi connectivity index (χ3n) is 5.55. The summed E-state index contributed by atoms with van der Waals surface area (Å²) in [6.45, 7) is 4.14. The maximum absolute atomic E-state index is 13.3. The summed E-state index contributed by atoms with van der Waals surface area (Å²) in [5, 5.41) is 20.3. The van der Waals surface area contributed by atoms with E-state index in [1.165, 1.54) is 28.7 Å². The summed E-state index contributed by atoms with van der Waals surface area (Å²) in [5.74, 6) is 0.366. The molecule has 0 aliphatic heterocycles. The minimum absolute atomic E-state index is 0.0712. The summed E-state index contributed by atoms with van der Waals surface area (Å²) < 4.78 is 31.3. The number of aryl methyl sites for hydroxylation is 1. The van der Waals surface area contributed by atoms with Crippen molar-refractivity contribution >= 4 is 32.8 Å². The molecule has 1 unspecified atom stereocenters. The van der Waals surface area contributed by atoms with Crippen LogP contribution in [0.15, 0.2) is 64.9 Å². The highest BCUT2D eigenvalue weighted by Crippen LogP contribution is 2.34. The van der Waals surface area contributed by atoms with Gasteiger partial charge in [-0.05, 0) is 58.9 Å². The number of fused-ring (bicyclic) bond motifs is 1. The molecule has 0 saturated carbocycles. The van der Waals surface area contributed by atoms with E-state index >= 15 is 0 Å². The zero-order chi connectivity index (χ0) is 24.3. The number of nitrogens with zero attached hydrogens (tertiary/aromatic N) is 5. The Bertz CT molecular complexity index is 1390. The van der Waals surface area contributed by atoms with Gasteiger partial charge in [-0.3, -0.25) is 0 Å². The molecule has 0 fully saturated rings. The lowest BCUT2D eigenvalue weighted by Gasteiger charge is -2.18. The average Bonchev–Trinajstić information content (AvgIpc) is 3.26. The summed E-state index contributed by atoms with van der Waals surface area (Å²) in [6.07, 6.45) is 4.31. The van der Waals surface area contributed by atoms with Gasteiger partial charge in [0.1, 0.15) is 28.7 Å². The number of aromatic nitrogens is 5. The molecule has 2 aromatic heterocycles. The molecule has 178 valence electrons. The van der Waals surface area contributed by atoms with Crippen molar-refractivity contribution in [2.45, 2.75) is 36.2 Å². The molecule has 0 saturated heterocycles. The molecule has 0 amide bonds. The molecule has 0 bridgehead atoms. The van der Waals surface area contributed by atoms with Crippen LogP contribution in [0.2, 0.25) is 0 Å². The highest BCUT2D eigenvalue weighted by Gasteiger charge is 2.25. The van der Waals surface area contributed by atoms with E-state index in [-0.39, 0.29) is 28.8 Å². The molecule has 34 heavy (non-hydrogen) atoms. The Hall–Kier alpha value is -3.02. The van der Waals surface area contributed by atoms with Gasteiger partial charge in [0.15, 0.2) is 0 Å². The van der Waals surface area contributed by atoms with Crippen molar-refractivity contribution in [2.24, 2.45) is 7.05 Å². The van der Waals surface area contributed by atoms with Gasteiger partial charge in [0, 0.05) is 18.4 Å². The number of benzene rings is 2. The first-order chi connectivity index (χ1) is 16.3. The molecule has 0 spiro atoms. The smallest absolute Gasteiger partial charge is 0.358 e. The largest absolute Gasteiger partial charge is 0.506 e. The van der Waals surface area contributed by atoms with Crippen LogP contribution < -0.4 is 9.29 Å². The SMILES string of the molecule is CCC(C)c1cc(O)c(-n2nc3ccccc3n2)cc1S(=O)(=O)NCCSc1nccc[n+]1C. The fourth-order valence-electron chi connectivity index (χ4n) is 3.50. The molecule has 2 aromatic carbocycles. The van der Waals surface area contributed by atoms with Gasteiger partial charge in [-0.2, -0.15) is 0 Å². The summed E-state index contributed by atoms with van der Waals surface area (Å²) in [5.41, 5.74) is 2.06. The topological polar surface area (TPSA) is 114 Å². The number of hydrogen-bond acceptors (Lipinski definition) is 7. The number of sulfonamides is 1. The number of phenolic OH excluding ortho intramolecular Hbond substituents is 1. The summed E-state index contributed by atoms with van der Waals surface area (Å²) in [7, 11) is -1.97. The van der Waals surface area contributed by atoms with Gasteiger partial charge in [0.2, 0.25) is 10.0 Å². The van der Waals surface area contributed by atoms with Crippen LogP contribution >= 0.6 is 11.8 Å². The van der Waals surface area contributed by atoms with Crippen LogP contribution in [0.25, 0.3) is 16.7 Å². The van der Waals surface area contributed by atoms with Crippen LogP contribution in [0.3, 0.4) is 0 Å². The summed E-state index contributed by atoms with van der Waals surface area (Å²) in [6, 6.07) is 12.1. The second-order valence-electron chi connectivity index (χ2n) is 7.93. The van der Waals surface area contributed by atoms with Gasteiger partial charge in [0.25, 0.3) is 0 Å². The number of thioether (sulfide) groups is 1. The highest BCUT2D eigenvalue weighted by molar-refractivity contribution is 7.99. The lowest BCUT2D eigenvalue weighted by atomic mass is 9.98. The van der Waals surface area contributed by atoms with Crippen LogP contribution in [-0.2, 0) is 17.1 Å². The van der Waals surface area contributed by atoms with Gasteiger partial charge in [-0.1, -0.05) is 26.0 Å². The molecule has 0 aliphatic rings. The van der Waals surface area contributed by atoms with Crippen LogP contribution in [0.5, 0.6) is 5.75 Å². The van der Waals surface area contributed by atoms with Crippen LogP contribution in [0.1, 0.15) is 31.7 Å². The Balaban J connectivity index is 1.63. The molecule has 4 rings (SSSR count). The van der Waals surface area contributed by atoms with Crippen molar-refractivity contribution in [1.29, 1.82) is 0 Å². The zero-order valence-corrected chi connectivity index (χ0v) is 20.8. The molecule has 4 aromatic rings. The minimum atomic E-state index is -3.86. The Labute approximate surface area is 202 Å². The van der Waals surface area contributed by atoms with E-state index < -0.39 is 10.0 Å². The van der Waals surface area contributed by atoms with Crippen molar-refractivity contribution < 1.29 is 18.1 Å². The fraction of sp³-hybridized carbons (Fsp3) is 0.304. The van der Waals surface area contributed by atoms with Crippen molar-refractivity contribution in [2.75, 3.05) is 12.3 Å². The maximum Gasteiger partial charge on any atom is 0.358 e. The zero-order valence-electron chi connectivity index (χ0n) is 19.2. The molecule has 1 atom stereocenters. The molecule has 0 radical (unpaired) electrons. The van der Waals surface area contributed by atoms with Crippen molar-refractivity contribution in [3.05, 3.63) is 60.4 Å². The maximum atomic E-state index is 13.3. The minimum Gasteiger partial charge on any atom is -0.506 e. The standard InChI is InChI=1S/C23H26N6O3S2/c1-4-16(2)17-14-21(30)20(29-26-18-8-5-6-9-19(18)27-29)15-22(17)34(31,32)25-11-13-33-23-24-10-7-12-28(23)3/h5-10,12,14-16,25H,4,11,13H2,1-3H3/p+1. The Morgan fingerprint density at radius 1 is 1.18 bits per heavy atom. The molecule has 2 N–H and O–H groups in total. The van der Waals surface area contributed by atoms with E-state index in [1.54, 1.807) is 6.20 Å². The molecule has 9 nitrogen and oxygen atoms in total. The number of aromatic hydroxyl groups is 1. The molecule has 0 aliphatic carbocycles. The van der Waals surface area contributed by atoms with E-state index in [0.717, 1.165) is 11.6 Å². The predicted octanol–water partition coefficient (Wildman–Crippen LogP) is 2.93. The molecule has 2 heterocycles. The first kappa shape index (κ1) is 24.1. The second kappa shape index (κ2) is 10.1. The molecule has 11 heteroatoms. The van der Waals surface area contributed by atoms with Gasteiger partial charge in [0.05, 0.1) is 18.1 Å². The number of hydrogen-bond donors (Lipinski definition) is 2. The van der Waals surface area contributed by atoms with E-state index in [2.05, 4.69) is 19.9 Å². The van der Waals surface area contributed by atoms with E-state index in [9.17, 15) is 13.5 Å². The lowest BCUT2D eigenvalue weighted by Crippen LogP contribution is -2.32. The van der Waals surface area contributed by atoms with Crippen molar-refractivity contribution in [3.63, 3.8) is 0 Å². The summed E-state index contributed by atoms with van der Waals surface area (Å²) in [4.78, 5) is 5.69. The van der Waals surface area contributed by atoms with Crippen LogP contribution in [-0.4, -0.2) is 45.8 Å². The van der Waals surface area contributed by atoms with Crippen molar-refractivity contribution in [3.8, 4) is 11.4 Å². The van der Waals surface area contributed by atoms with Gasteiger partial charge in [-0.15, -0.1) is 15.0 Å². The van der Waals surface area contributed by atoms with Crippen LogP contribution in [0, 0.1) is 0 Å². The third-order valence-corrected chi connectivity index (χ3v) is 8.13. The third kappa shape index (κ3) is 5.06. The monoisotopic (exact) mass is 499 g/mol. The highest BCUT2D eigenvalue weighted by atomic mass is 32.2. The predicted molar refractivity (Wildman–Crippen MR) is 131 cm³/mol. The normalized spacial score (nSPS) is 12.8. The van der Waals surface area contributed by atoms with E-state index in [1.807, 2.05) is 62.0 Å². The second-order valence-corrected chi connectivity index (χ2v) is 10.7. The first-order valence-electron chi connectivity index (χ1n) is 10.9. The number of rotatable bonds is 9. The first-order valence-corrected chi connectivity index (χ1v) is 13.4. The summed E-state index contributed by atoms with van der Waals surface area (Å²) >= 11 is 1.46. The van der Waals surface area contributed by atoms with Crippen LogP contribution in [0.4, 0.5) is 0 Å².